The molecular weight excluding hydrogens is 450 g/mol. The van der Waals surface area contributed by atoms with E-state index >= 15 is 0 Å². The van der Waals surface area contributed by atoms with Crippen molar-refractivity contribution >= 4 is 5.95 Å². The Morgan fingerprint density at radius 1 is 1.12 bits per heavy atom. The summed E-state index contributed by atoms with van der Waals surface area (Å²) in [5.41, 5.74) is -1.29. The second kappa shape index (κ2) is 8.89. The Balaban J connectivity index is 1.93. The van der Waals surface area contributed by atoms with Gasteiger partial charge in [0.05, 0.1) is 16.8 Å². The Hall–Kier alpha value is -3.74. The molecule has 1 fully saturated rings. The molecule has 176 valence electrons. The van der Waals surface area contributed by atoms with Crippen LogP contribution in [0, 0.1) is 23.1 Å². The highest BCUT2D eigenvalue weighted by Gasteiger charge is 2.32. The SMILES string of the molecule is CC1CCN(c2nc(-c3ccc(C#N)c(F)c3)c(-c3ccc(C(F)(F)F)nc3)c(=O)n2C)CC1. The molecule has 0 unspecified atom stereocenters. The van der Waals surface area contributed by atoms with Gasteiger partial charge in [-0.15, -0.1) is 0 Å². The Bertz CT molecular complexity index is 1320. The van der Waals surface area contributed by atoms with Crippen molar-refractivity contribution < 1.29 is 17.6 Å². The van der Waals surface area contributed by atoms with Crippen LogP contribution in [0.1, 0.15) is 31.0 Å². The predicted molar refractivity (Wildman–Crippen MR) is 118 cm³/mol. The van der Waals surface area contributed by atoms with Crippen LogP contribution in [0.4, 0.5) is 23.5 Å². The molecular formula is C24H21F4N5O. The molecule has 0 bridgehead atoms. The van der Waals surface area contributed by atoms with E-state index in [2.05, 4.69) is 16.9 Å². The second-order valence-corrected chi connectivity index (χ2v) is 8.41. The number of pyridine rings is 1. The van der Waals surface area contributed by atoms with E-state index in [4.69, 9.17) is 5.26 Å². The zero-order valence-electron chi connectivity index (χ0n) is 18.5. The van der Waals surface area contributed by atoms with Gasteiger partial charge in [0.25, 0.3) is 5.56 Å². The topological polar surface area (TPSA) is 74.8 Å². The number of alkyl halides is 3. The van der Waals surface area contributed by atoms with E-state index in [0.29, 0.717) is 25.0 Å². The van der Waals surface area contributed by atoms with Gasteiger partial charge in [-0.3, -0.25) is 14.3 Å². The van der Waals surface area contributed by atoms with Crippen LogP contribution in [0.2, 0.25) is 0 Å². The van der Waals surface area contributed by atoms with Crippen LogP contribution in [0.25, 0.3) is 22.4 Å². The fraction of sp³-hybridized carbons (Fsp3) is 0.333. The summed E-state index contributed by atoms with van der Waals surface area (Å²) in [4.78, 5) is 23.6. The largest absolute Gasteiger partial charge is 0.433 e. The van der Waals surface area contributed by atoms with Crippen LogP contribution in [0.15, 0.2) is 41.3 Å². The third-order valence-corrected chi connectivity index (χ3v) is 6.04. The normalized spacial score (nSPS) is 14.8. The molecule has 0 aliphatic carbocycles. The summed E-state index contributed by atoms with van der Waals surface area (Å²) in [6, 6.07) is 7.53. The molecule has 1 saturated heterocycles. The molecule has 0 saturated carbocycles. The van der Waals surface area contributed by atoms with Crippen molar-refractivity contribution in [1.82, 2.24) is 14.5 Å². The number of aromatic nitrogens is 3. The first-order chi connectivity index (χ1) is 16.1. The lowest BCUT2D eigenvalue weighted by Crippen LogP contribution is -2.38. The van der Waals surface area contributed by atoms with Gasteiger partial charge >= 0.3 is 6.18 Å². The lowest BCUT2D eigenvalue weighted by molar-refractivity contribution is -0.141. The number of nitrogens with zero attached hydrogens (tertiary/aromatic N) is 5. The summed E-state index contributed by atoms with van der Waals surface area (Å²) in [5, 5.41) is 9.05. The lowest BCUT2D eigenvalue weighted by Gasteiger charge is -2.32. The Morgan fingerprint density at radius 3 is 2.35 bits per heavy atom. The van der Waals surface area contributed by atoms with Gasteiger partial charge in [0.2, 0.25) is 5.95 Å². The summed E-state index contributed by atoms with van der Waals surface area (Å²) < 4.78 is 54.8. The lowest BCUT2D eigenvalue weighted by atomic mass is 9.99. The minimum absolute atomic E-state index is 0.00181. The maximum Gasteiger partial charge on any atom is 0.433 e. The van der Waals surface area contributed by atoms with Crippen LogP contribution < -0.4 is 10.5 Å². The van der Waals surface area contributed by atoms with Gasteiger partial charge in [0.1, 0.15) is 17.6 Å². The Kier molecular flexibility index (Phi) is 6.13. The number of benzene rings is 1. The highest BCUT2D eigenvalue weighted by molar-refractivity contribution is 5.81. The van der Waals surface area contributed by atoms with Crippen molar-refractivity contribution in [2.24, 2.45) is 13.0 Å². The van der Waals surface area contributed by atoms with Crippen LogP contribution in [-0.4, -0.2) is 27.6 Å². The molecule has 0 atom stereocenters. The van der Waals surface area contributed by atoms with Gasteiger partial charge in [0.15, 0.2) is 0 Å². The highest BCUT2D eigenvalue weighted by Crippen LogP contribution is 2.33. The maximum absolute atomic E-state index is 14.5. The number of rotatable bonds is 3. The number of hydrogen-bond donors (Lipinski definition) is 0. The molecule has 1 aliphatic heterocycles. The monoisotopic (exact) mass is 471 g/mol. The summed E-state index contributed by atoms with van der Waals surface area (Å²) >= 11 is 0. The molecule has 3 aromatic rings. The molecule has 3 heterocycles. The fourth-order valence-electron chi connectivity index (χ4n) is 4.01. The van der Waals surface area contributed by atoms with E-state index in [0.717, 1.165) is 37.2 Å². The molecule has 1 aromatic carbocycles. The van der Waals surface area contributed by atoms with E-state index in [1.165, 1.54) is 16.7 Å². The van der Waals surface area contributed by atoms with E-state index < -0.39 is 23.2 Å². The van der Waals surface area contributed by atoms with Gasteiger partial charge < -0.3 is 4.90 Å². The van der Waals surface area contributed by atoms with E-state index in [9.17, 15) is 22.4 Å². The third kappa shape index (κ3) is 4.38. The summed E-state index contributed by atoms with van der Waals surface area (Å²) in [6.45, 7) is 3.52. The molecule has 2 aromatic heterocycles. The average Bonchev–Trinajstić information content (AvgIpc) is 2.81. The first kappa shape index (κ1) is 23.4. The van der Waals surface area contributed by atoms with Gasteiger partial charge in [-0.2, -0.15) is 18.4 Å². The zero-order valence-corrected chi connectivity index (χ0v) is 18.5. The van der Waals surface area contributed by atoms with Crippen LogP contribution >= 0.6 is 0 Å². The number of piperidine rings is 1. The number of nitriles is 1. The number of anilines is 1. The van der Waals surface area contributed by atoms with Crippen molar-refractivity contribution in [3.05, 3.63) is 64.0 Å². The van der Waals surface area contributed by atoms with Gasteiger partial charge in [0, 0.05) is 37.5 Å². The van der Waals surface area contributed by atoms with Crippen molar-refractivity contribution in [2.75, 3.05) is 18.0 Å². The minimum Gasteiger partial charge on any atom is -0.342 e. The van der Waals surface area contributed by atoms with Crippen molar-refractivity contribution in [3.8, 4) is 28.5 Å². The van der Waals surface area contributed by atoms with Gasteiger partial charge in [-0.1, -0.05) is 19.1 Å². The average molecular weight is 471 g/mol. The molecule has 4 rings (SSSR count). The highest BCUT2D eigenvalue weighted by atomic mass is 19.4. The standard InChI is InChI=1S/C24H21F4N5O/c1-14-7-9-33(10-8-14)23-31-21(15-3-4-16(12-29)18(25)11-15)20(22(34)32(23)2)17-5-6-19(30-13-17)24(26,27)28/h3-6,11,13-14H,7-10H2,1-2H3. The molecule has 10 heteroatoms. The first-order valence-corrected chi connectivity index (χ1v) is 10.7. The molecule has 0 radical (unpaired) electrons. The summed E-state index contributed by atoms with van der Waals surface area (Å²) in [5.74, 6) is 0.144. The zero-order chi connectivity index (χ0) is 24.6. The molecule has 1 aliphatic rings. The van der Waals surface area contributed by atoms with Crippen LogP contribution in [-0.2, 0) is 13.2 Å². The van der Waals surface area contributed by atoms with Crippen molar-refractivity contribution in [2.45, 2.75) is 25.9 Å². The smallest absolute Gasteiger partial charge is 0.342 e. The number of halogens is 4. The summed E-state index contributed by atoms with van der Waals surface area (Å²) in [6.07, 6.45) is -1.83. The Labute approximate surface area is 193 Å². The molecule has 34 heavy (non-hydrogen) atoms. The predicted octanol–water partition coefficient (Wildman–Crippen LogP) is 4.78. The number of hydrogen-bond acceptors (Lipinski definition) is 5. The second-order valence-electron chi connectivity index (χ2n) is 8.41. The van der Waals surface area contributed by atoms with Gasteiger partial charge in [-0.25, -0.2) is 9.37 Å². The molecule has 0 spiro atoms. The van der Waals surface area contributed by atoms with Crippen LogP contribution in [0.5, 0.6) is 0 Å². The molecule has 6 nitrogen and oxygen atoms in total. The minimum atomic E-state index is -4.63. The van der Waals surface area contributed by atoms with Crippen LogP contribution in [0.3, 0.4) is 0 Å². The van der Waals surface area contributed by atoms with E-state index in [1.54, 1.807) is 13.1 Å². The van der Waals surface area contributed by atoms with Crippen molar-refractivity contribution in [3.63, 3.8) is 0 Å². The molecule has 0 N–H and O–H groups in total. The van der Waals surface area contributed by atoms with E-state index in [-0.39, 0.29) is 27.9 Å². The fourth-order valence-corrected chi connectivity index (χ4v) is 4.01. The Morgan fingerprint density at radius 2 is 1.79 bits per heavy atom. The quantitative estimate of drug-likeness (QED) is 0.514. The maximum atomic E-state index is 14.5. The molecule has 0 amide bonds. The third-order valence-electron chi connectivity index (χ3n) is 6.04. The first-order valence-electron chi connectivity index (χ1n) is 10.7. The summed E-state index contributed by atoms with van der Waals surface area (Å²) in [7, 11) is 1.55. The van der Waals surface area contributed by atoms with Gasteiger partial charge in [-0.05, 0) is 37.0 Å². The van der Waals surface area contributed by atoms with E-state index in [1.807, 2.05) is 4.90 Å². The van der Waals surface area contributed by atoms with Crippen molar-refractivity contribution in [1.29, 1.82) is 5.26 Å².